The van der Waals surface area contributed by atoms with Gasteiger partial charge in [0.1, 0.15) is 0 Å². The molecule has 124 valence electrons. The minimum atomic E-state index is 0. The Morgan fingerprint density at radius 1 is 1.43 bits per heavy atom. The highest BCUT2D eigenvalue weighted by atomic mass is 127. The van der Waals surface area contributed by atoms with Crippen LogP contribution in [0.2, 0.25) is 0 Å². The average Bonchev–Trinajstić information content (AvgIpc) is 2.39. The van der Waals surface area contributed by atoms with E-state index >= 15 is 0 Å². The normalized spacial score (nSPS) is 22.5. The van der Waals surface area contributed by atoms with Gasteiger partial charge in [-0.2, -0.15) is 0 Å². The first-order chi connectivity index (χ1) is 9.41. The topological polar surface area (TPSA) is 47.9 Å². The summed E-state index contributed by atoms with van der Waals surface area (Å²) in [6, 6.07) is 0. The summed E-state index contributed by atoms with van der Waals surface area (Å²) in [5.41, 5.74) is 0.371. The van der Waals surface area contributed by atoms with Crippen LogP contribution in [0.15, 0.2) is 4.99 Å². The Bertz CT molecular complexity index is 356. The number of hydrogen-bond donors (Lipinski definition) is 1. The van der Waals surface area contributed by atoms with Gasteiger partial charge in [-0.05, 0) is 24.7 Å². The molecule has 0 spiro atoms. The maximum Gasteiger partial charge on any atom is 0.241 e. The van der Waals surface area contributed by atoms with Gasteiger partial charge in [0.05, 0.1) is 6.54 Å². The maximum atomic E-state index is 11.7. The lowest BCUT2D eigenvalue weighted by Gasteiger charge is -2.42. The van der Waals surface area contributed by atoms with E-state index in [-0.39, 0.29) is 29.9 Å². The third-order valence-corrected chi connectivity index (χ3v) is 4.04. The molecule has 1 atom stereocenters. The Balaban J connectivity index is 0.00000400. The Morgan fingerprint density at radius 2 is 2.10 bits per heavy atom. The van der Waals surface area contributed by atoms with E-state index < -0.39 is 0 Å². The summed E-state index contributed by atoms with van der Waals surface area (Å²) in [7, 11) is 5.33. The van der Waals surface area contributed by atoms with Gasteiger partial charge in [-0.1, -0.05) is 20.3 Å². The Morgan fingerprint density at radius 3 is 2.62 bits per heavy atom. The third-order valence-electron chi connectivity index (χ3n) is 4.04. The van der Waals surface area contributed by atoms with Crippen LogP contribution in [0, 0.1) is 5.41 Å². The van der Waals surface area contributed by atoms with Gasteiger partial charge in [-0.3, -0.25) is 9.79 Å². The number of rotatable bonds is 4. The number of hydrogen-bond acceptors (Lipinski definition) is 2. The van der Waals surface area contributed by atoms with Crippen molar-refractivity contribution in [1.82, 2.24) is 15.1 Å². The van der Waals surface area contributed by atoms with Crippen LogP contribution in [0.3, 0.4) is 0 Å². The molecule has 1 unspecified atom stereocenters. The number of carbonyl (C=O) groups is 1. The quantitative estimate of drug-likeness (QED) is 0.439. The van der Waals surface area contributed by atoms with E-state index in [1.165, 1.54) is 25.7 Å². The van der Waals surface area contributed by atoms with Crippen molar-refractivity contribution < 1.29 is 4.79 Å². The van der Waals surface area contributed by atoms with E-state index in [4.69, 9.17) is 0 Å². The molecule has 1 N–H and O–H groups in total. The van der Waals surface area contributed by atoms with Gasteiger partial charge in [-0.15, -0.1) is 24.0 Å². The van der Waals surface area contributed by atoms with Crippen molar-refractivity contribution in [1.29, 1.82) is 0 Å². The predicted octanol–water partition coefficient (Wildman–Crippen LogP) is 2.17. The zero-order valence-corrected chi connectivity index (χ0v) is 16.4. The number of likely N-dealkylation sites (tertiary alicyclic amines) is 1. The number of nitrogens with one attached hydrogen (secondary N) is 1. The first-order valence-corrected chi connectivity index (χ1v) is 7.57. The number of aliphatic imine (C=N–C) groups is 1. The summed E-state index contributed by atoms with van der Waals surface area (Å²) in [6.07, 6.45) is 4.94. The van der Waals surface area contributed by atoms with E-state index in [0.717, 1.165) is 19.0 Å². The van der Waals surface area contributed by atoms with Crippen LogP contribution in [0.25, 0.3) is 0 Å². The Kier molecular flexibility index (Phi) is 9.24. The van der Waals surface area contributed by atoms with Gasteiger partial charge in [0, 0.05) is 34.2 Å². The molecule has 0 aliphatic carbocycles. The molecule has 21 heavy (non-hydrogen) atoms. The third kappa shape index (κ3) is 6.40. The molecule has 0 aromatic rings. The fourth-order valence-electron chi connectivity index (χ4n) is 2.95. The number of amides is 1. The van der Waals surface area contributed by atoms with Crippen LogP contribution < -0.4 is 5.32 Å². The summed E-state index contributed by atoms with van der Waals surface area (Å²) < 4.78 is 0. The van der Waals surface area contributed by atoms with Gasteiger partial charge in [0.25, 0.3) is 0 Å². The molecule has 0 radical (unpaired) electrons. The van der Waals surface area contributed by atoms with Gasteiger partial charge in [-0.25, -0.2) is 0 Å². The minimum absolute atomic E-state index is 0. The SMILES string of the molecule is CCCC1(C)CCCN(C(=NC)NCC(=O)N(C)C)C1.I. The fourth-order valence-corrected chi connectivity index (χ4v) is 2.95. The van der Waals surface area contributed by atoms with Gasteiger partial charge < -0.3 is 15.1 Å². The fraction of sp³-hybridized carbons (Fsp3) is 0.867. The Labute approximate surface area is 146 Å². The second-order valence-corrected chi connectivity index (χ2v) is 6.27. The number of likely N-dealkylation sites (N-methyl/N-ethyl adjacent to an activating group) is 1. The van der Waals surface area contributed by atoms with E-state index in [0.29, 0.717) is 12.0 Å². The van der Waals surface area contributed by atoms with Crippen molar-refractivity contribution in [2.24, 2.45) is 10.4 Å². The van der Waals surface area contributed by atoms with E-state index in [9.17, 15) is 4.79 Å². The van der Waals surface area contributed by atoms with Crippen molar-refractivity contribution in [2.75, 3.05) is 40.8 Å². The summed E-state index contributed by atoms with van der Waals surface area (Å²) in [4.78, 5) is 19.9. The number of halogens is 1. The molecule has 1 aliphatic heterocycles. The molecule has 6 heteroatoms. The average molecular weight is 410 g/mol. The van der Waals surface area contributed by atoms with Gasteiger partial charge >= 0.3 is 0 Å². The first-order valence-electron chi connectivity index (χ1n) is 7.57. The molecule has 0 aromatic carbocycles. The highest BCUT2D eigenvalue weighted by Crippen LogP contribution is 2.33. The van der Waals surface area contributed by atoms with Crippen LogP contribution in [-0.2, 0) is 4.79 Å². The van der Waals surface area contributed by atoms with Crippen molar-refractivity contribution in [3.63, 3.8) is 0 Å². The highest BCUT2D eigenvalue weighted by molar-refractivity contribution is 14.0. The second-order valence-electron chi connectivity index (χ2n) is 6.27. The lowest BCUT2D eigenvalue weighted by atomic mass is 9.78. The van der Waals surface area contributed by atoms with Crippen molar-refractivity contribution in [3.05, 3.63) is 0 Å². The predicted molar refractivity (Wildman–Crippen MR) is 99.3 cm³/mol. The maximum absolute atomic E-state index is 11.7. The van der Waals surface area contributed by atoms with E-state index in [2.05, 4.69) is 29.1 Å². The largest absolute Gasteiger partial charge is 0.347 e. The van der Waals surface area contributed by atoms with Crippen molar-refractivity contribution in [2.45, 2.75) is 39.5 Å². The van der Waals surface area contributed by atoms with Crippen LogP contribution in [0.1, 0.15) is 39.5 Å². The van der Waals surface area contributed by atoms with Crippen molar-refractivity contribution in [3.8, 4) is 0 Å². The van der Waals surface area contributed by atoms with Crippen LogP contribution >= 0.6 is 24.0 Å². The lowest BCUT2D eigenvalue weighted by Crippen LogP contribution is -2.51. The second kappa shape index (κ2) is 9.48. The molecule has 1 amide bonds. The molecule has 0 saturated carbocycles. The zero-order chi connectivity index (χ0) is 15.2. The first kappa shape index (κ1) is 20.5. The number of nitrogens with zero attached hydrogens (tertiary/aromatic N) is 3. The summed E-state index contributed by atoms with van der Waals surface area (Å²) in [6.45, 7) is 6.96. The van der Waals surface area contributed by atoms with Crippen molar-refractivity contribution >= 4 is 35.8 Å². The van der Waals surface area contributed by atoms with Crippen LogP contribution in [0.5, 0.6) is 0 Å². The van der Waals surface area contributed by atoms with E-state index in [1.54, 1.807) is 26.0 Å². The molecule has 1 heterocycles. The minimum Gasteiger partial charge on any atom is -0.347 e. The number of carbonyl (C=O) groups excluding carboxylic acids is 1. The number of piperidine rings is 1. The van der Waals surface area contributed by atoms with Crippen LogP contribution in [0.4, 0.5) is 0 Å². The summed E-state index contributed by atoms with van der Waals surface area (Å²) in [5.74, 6) is 0.918. The van der Waals surface area contributed by atoms with Gasteiger partial charge in [0.15, 0.2) is 5.96 Å². The smallest absolute Gasteiger partial charge is 0.241 e. The molecule has 1 rings (SSSR count). The molecular weight excluding hydrogens is 379 g/mol. The lowest BCUT2D eigenvalue weighted by molar-refractivity contribution is -0.127. The molecule has 1 aliphatic rings. The Hall–Kier alpha value is -0.530. The molecule has 5 nitrogen and oxygen atoms in total. The molecule has 0 aromatic heterocycles. The van der Waals surface area contributed by atoms with Gasteiger partial charge in [0.2, 0.25) is 5.91 Å². The standard InChI is InChI=1S/C15H30N4O.HI/c1-6-8-15(2)9-7-10-19(12-15)14(16-3)17-11-13(20)18(4)5;/h6-12H2,1-5H3,(H,16,17);1H. The summed E-state index contributed by atoms with van der Waals surface area (Å²) >= 11 is 0. The molecule has 1 fully saturated rings. The molecular formula is C15H31IN4O. The molecule has 1 saturated heterocycles. The molecule has 0 bridgehead atoms. The van der Waals surface area contributed by atoms with E-state index in [1.807, 2.05) is 0 Å². The van der Waals surface area contributed by atoms with Crippen LogP contribution in [-0.4, -0.2) is 62.4 Å². The monoisotopic (exact) mass is 410 g/mol. The number of guanidine groups is 1. The zero-order valence-electron chi connectivity index (χ0n) is 14.1. The highest BCUT2D eigenvalue weighted by Gasteiger charge is 2.31. The summed E-state index contributed by atoms with van der Waals surface area (Å²) in [5, 5.41) is 3.18.